The first-order chi connectivity index (χ1) is 8.95. The van der Waals surface area contributed by atoms with Crippen molar-refractivity contribution in [2.24, 2.45) is 0 Å². The fourth-order valence-corrected chi connectivity index (χ4v) is 1.62. The van der Waals surface area contributed by atoms with E-state index < -0.39 is 11.7 Å². The van der Waals surface area contributed by atoms with Crippen molar-refractivity contribution in [3.63, 3.8) is 0 Å². The highest BCUT2D eigenvalue weighted by Gasteiger charge is 2.30. The first-order valence-corrected chi connectivity index (χ1v) is 5.66. The molecule has 0 saturated heterocycles. The van der Waals surface area contributed by atoms with Crippen LogP contribution in [0.1, 0.15) is 16.7 Å². The lowest BCUT2D eigenvalue weighted by atomic mass is 10.1. The van der Waals surface area contributed by atoms with Gasteiger partial charge in [-0.05, 0) is 35.4 Å². The third-order valence-electron chi connectivity index (χ3n) is 2.62. The van der Waals surface area contributed by atoms with Gasteiger partial charge in [0.1, 0.15) is 0 Å². The van der Waals surface area contributed by atoms with Crippen molar-refractivity contribution in [2.45, 2.75) is 6.18 Å². The molecule has 0 aliphatic rings. The second kappa shape index (κ2) is 5.18. The van der Waals surface area contributed by atoms with Crippen LogP contribution in [0.4, 0.5) is 18.9 Å². The smallest absolute Gasteiger partial charge is 0.399 e. The number of nitrogens with two attached hydrogens (primary N) is 1. The Hall–Kier alpha value is -2.23. The molecule has 0 heterocycles. The molecule has 2 rings (SSSR count). The second-order valence-corrected chi connectivity index (χ2v) is 4.12. The highest BCUT2D eigenvalue weighted by Crippen LogP contribution is 2.29. The highest BCUT2D eigenvalue weighted by molar-refractivity contribution is 5.70. The van der Waals surface area contributed by atoms with Crippen molar-refractivity contribution in [1.82, 2.24) is 0 Å². The summed E-state index contributed by atoms with van der Waals surface area (Å²) >= 11 is 0. The normalized spacial score (nSPS) is 11.9. The molecule has 0 atom stereocenters. The van der Waals surface area contributed by atoms with Gasteiger partial charge in [0.15, 0.2) is 0 Å². The Balaban J connectivity index is 2.21. The number of anilines is 1. The molecule has 2 aromatic rings. The van der Waals surface area contributed by atoms with E-state index in [0.717, 1.165) is 17.7 Å². The molecule has 0 unspecified atom stereocenters. The summed E-state index contributed by atoms with van der Waals surface area (Å²) in [5.41, 5.74) is 6.94. The summed E-state index contributed by atoms with van der Waals surface area (Å²) in [7, 11) is 0. The lowest BCUT2D eigenvalue weighted by Gasteiger charge is -2.06. The minimum atomic E-state index is -4.31. The van der Waals surface area contributed by atoms with E-state index in [0.29, 0.717) is 11.3 Å². The Morgan fingerprint density at radius 3 is 2.11 bits per heavy atom. The number of nitrogen functional groups attached to an aromatic ring is 1. The van der Waals surface area contributed by atoms with Crippen molar-refractivity contribution >= 4 is 17.8 Å². The van der Waals surface area contributed by atoms with E-state index in [-0.39, 0.29) is 0 Å². The highest BCUT2D eigenvalue weighted by atomic mass is 19.4. The molecule has 0 amide bonds. The third-order valence-corrected chi connectivity index (χ3v) is 2.62. The van der Waals surface area contributed by atoms with Crippen LogP contribution in [0.5, 0.6) is 0 Å². The first-order valence-electron chi connectivity index (χ1n) is 5.66. The molecule has 0 aromatic heterocycles. The molecule has 0 bridgehead atoms. The number of halogens is 3. The van der Waals surface area contributed by atoms with Gasteiger partial charge in [-0.25, -0.2) is 0 Å². The van der Waals surface area contributed by atoms with E-state index in [1.807, 2.05) is 0 Å². The lowest BCUT2D eigenvalue weighted by Crippen LogP contribution is -2.04. The minimum Gasteiger partial charge on any atom is -0.399 e. The second-order valence-electron chi connectivity index (χ2n) is 4.12. The SMILES string of the molecule is Nc1ccc(C=Cc2cccc(C(F)(F)F)c2)cc1. The van der Waals surface area contributed by atoms with Crippen LogP contribution in [-0.4, -0.2) is 0 Å². The van der Waals surface area contributed by atoms with Gasteiger partial charge in [0.05, 0.1) is 5.56 Å². The summed E-state index contributed by atoms with van der Waals surface area (Å²) < 4.78 is 37.6. The minimum absolute atomic E-state index is 0.506. The molecular weight excluding hydrogens is 251 g/mol. The van der Waals surface area contributed by atoms with E-state index >= 15 is 0 Å². The Kier molecular flexibility index (Phi) is 3.60. The number of hydrogen-bond acceptors (Lipinski definition) is 1. The predicted molar refractivity (Wildman–Crippen MR) is 71.2 cm³/mol. The molecule has 0 spiro atoms. The molecular formula is C15H12F3N. The van der Waals surface area contributed by atoms with Gasteiger partial charge >= 0.3 is 6.18 Å². The van der Waals surface area contributed by atoms with Gasteiger partial charge in [0.2, 0.25) is 0 Å². The summed E-state index contributed by atoms with van der Waals surface area (Å²) in [5, 5.41) is 0. The molecule has 0 aliphatic heterocycles. The van der Waals surface area contributed by atoms with Crippen LogP contribution in [0.2, 0.25) is 0 Å². The molecule has 19 heavy (non-hydrogen) atoms. The zero-order valence-electron chi connectivity index (χ0n) is 9.98. The molecule has 0 aliphatic carbocycles. The van der Waals surface area contributed by atoms with Crippen LogP contribution < -0.4 is 5.73 Å². The Morgan fingerprint density at radius 1 is 0.842 bits per heavy atom. The summed E-state index contributed by atoms with van der Waals surface area (Å²) in [6.45, 7) is 0. The summed E-state index contributed by atoms with van der Waals surface area (Å²) in [6.07, 6.45) is -0.930. The molecule has 0 saturated carbocycles. The standard InChI is InChI=1S/C15H12F3N/c16-15(17,18)13-3-1-2-12(10-13)5-4-11-6-8-14(19)9-7-11/h1-10H,19H2. The zero-order chi connectivity index (χ0) is 13.9. The first kappa shape index (κ1) is 13.2. The van der Waals surface area contributed by atoms with Gasteiger partial charge in [0.25, 0.3) is 0 Å². The van der Waals surface area contributed by atoms with Crippen LogP contribution in [0.15, 0.2) is 48.5 Å². The summed E-state index contributed by atoms with van der Waals surface area (Å²) in [6, 6.07) is 12.3. The quantitative estimate of drug-likeness (QED) is 0.628. The number of hydrogen-bond donors (Lipinski definition) is 1. The molecule has 98 valence electrons. The van der Waals surface area contributed by atoms with Crippen LogP contribution in [0.3, 0.4) is 0 Å². The van der Waals surface area contributed by atoms with Crippen molar-refractivity contribution in [3.8, 4) is 0 Å². The maximum absolute atomic E-state index is 12.5. The molecule has 2 aromatic carbocycles. The van der Waals surface area contributed by atoms with Gasteiger partial charge in [-0.3, -0.25) is 0 Å². The number of benzene rings is 2. The average Bonchev–Trinajstić information content (AvgIpc) is 2.37. The van der Waals surface area contributed by atoms with E-state index in [1.165, 1.54) is 6.07 Å². The predicted octanol–water partition coefficient (Wildman–Crippen LogP) is 4.46. The number of rotatable bonds is 2. The monoisotopic (exact) mass is 263 g/mol. The van der Waals surface area contributed by atoms with E-state index in [2.05, 4.69) is 0 Å². The van der Waals surface area contributed by atoms with Crippen molar-refractivity contribution < 1.29 is 13.2 Å². The van der Waals surface area contributed by atoms with Gasteiger partial charge in [0, 0.05) is 5.69 Å². The third kappa shape index (κ3) is 3.61. The van der Waals surface area contributed by atoms with Gasteiger partial charge in [-0.1, -0.05) is 36.4 Å². The molecule has 0 fully saturated rings. The Morgan fingerprint density at radius 2 is 1.47 bits per heavy atom. The van der Waals surface area contributed by atoms with Crippen LogP contribution in [-0.2, 0) is 6.18 Å². The number of alkyl halides is 3. The fourth-order valence-electron chi connectivity index (χ4n) is 1.62. The van der Waals surface area contributed by atoms with Gasteiger partial charge < -0.3 is 5.73 Å². The topological polar surface area (TPSA) is 26.0 Å². The molecule has 1 nitrogen and oxygen atoms in total. The van der Waals surface area contributed by atoms with Gasteiger partial charge in [-0.15, -0.1) is 0 Å². The summed E-state index contributed by atoms with van der Waals surface area (Å²) in [5.74, 6) is 0. The Bertz CT molecular complexity index is 583. The zero-order valence-corrected chi connectivity index (χ0v) is 9.98. The fraction of sp³-hybridized carbons (Fsp3) is 0.0667. The molecule has 0 radical (unpaired) electrons. The maximum atomic E-state index is 12.5. The van der Waals surface area contributed by atoms with Crippen molar-refractivity contribution in [1.29, 1.82) is 0 Å². The molecule has 4 heteroatoms. The van der Waals surface area contributed by atoms with Crippen LogP contribution >= 0.6 is 0 Å². The maximum Gasteiger partial charge on any atom is 0.416 e. The average molecular weight is 263 g/mol. The van der Waals surface area contributed by atoms with E-state index in [1.54, 1.807) is 42.5 Å². The van der Waals surface area contributed by atoms with Crippen LogP contribution in [0, 0.1) is 0 Å². The van der Waals surface area contributed by atoms with Crippen molar-refractivity contribution in [3.05, 3.63) is 65.2 Å². The largest absolute Gasteiger partial charge is 0.416 e. The Labute approximate surface area is 109 Å². The van der Waals surface area contributed by atoms with Gasteiger partial charge in [-0.2, -0.15) is 13.2 Å². The van der Waals surface area contributed by atoms with Crippen LogP contribution in [0.25, 0.3) is 12.2 Å². The van der Waals surface area contributed by atoms with E-state index in [4.69, 9.17) is 5.73 Å². The summed E-state index contributed by atoms with van der Waals surface area (Å²) in [4.78, 5) is 0. The van der Waals surface area contributed by atoms with E-state index in [9.17, 15) is 13.2 Å². The molecule has 2 N–H and O–H groups in total. The van der Waals surface area contributed by atoms with Crippen molar-refractivity contribution in [2.75, 3.05) is 5.73 Å². The lowest BCUT2D eigenvalue weighted by molar-refractivity contribution is -0.137.